The molecule has 0 spiro atoms. The van der Waals surface area contributed by atoms with E-state index in [9.17, 15) is 0 Å². The van der Waals surface area contributed by atoms with Crippen LogP contribution in [0.25, 0.3) is 0 Å². The molecule has 156 valence electrons. The Balaban J connectivity index is -0.000000866. The van der Waals surface area contributed by atoms with E-state index in [4.69, 9.17) is 0 Å². The molecular formula is C24H55P. The molecule has 3 atom stereocenters. The van der Waals surface area contributed by atoms with Crippen LogP contribution < -0.4 is 0 Å². The van der Waals surface area contributed by atoms with E-state index in [1.807, 2.05) is 13.8 Å². The lowest BCUT2D eigenvalue weighted by Crippen LogP contribution is -2.14. The van der Waals surface area contributed by atoms with Gasteiger partial charge in [0, 0.05) is 0 Å². The summed E-state index contributed by atoms with van der Waals surface area (Å²) in [5, 5.41) is 0. The number of hydrogen-bond donors (Lipinski definition) is 0. The molecule has 0 nitrogen and oxygen atoms in total. The van der Waals surface area contributed by atoms with E-state index in [2.05, 4.69) is 48.5 Å². The minimum Gasteiger partial charge on any atom is -0.101 e. The van der Waals surface area contributed by atoms with E-state index >= 15 is 0 Å². The van der Waals surface area contributed by atoms with Crippen LogP contribution in [-0.4, -0.2) is 17.5 Å². The molecule has 0 saturated heterocycles. The first-order chi connectivity index (χ1) is 12.1. The Kier molecular flexibility index (Phi) is 32.2. The van der Waals surface area contributed by atoms with E-state index in [0.29, 0.717) is 0 Å². The molecule has 0 heterocycles. The maximum atomic E-state index is 2.53. The van der Waals surface area contributed by atoms with Crippen molar-refractivity contribution in [3.63, 3.8) is 0 Å². The Hall–Kier alpha value is 0.430. The van der Waals surface area contributed by atoms with Gasteiger partial charge in [0.1, 0.15) is 0 Å². The molecule has 0 radical (unpaired) electrons. The molecule has 0 fully saturated rings. The van der Waals surface area contributed by atoms with E-state index in [0.717, 1.165) is 11.3 Å². The summed E-state index contributed by atoms with van der Waals surface area (Å²) >= 11 is 0. The zero-order valence-electron chi connectivity index (χ0n) is 19.8. The Bertz CT molecular complexity index is 202. The van der Waals surface area contributed by atoms with Crippen LogP contribution in [0.15, 0.2) is 0 Å². The molecule has 0 aromatic carbocycles. The van der Waals surface area contributed by atoms with Crippen LogP contribution in [0, 0.1) is 0 Å². The fourth-order valence-electron chi connectivity index (χ4n) is 3.12. The second kappa shape index (κ2) is 26.7. The van der Waals surface area contributed by atoms with Gasteiger partial charge in [-0.25, -0.2) is 0 Å². The van der Waals surface area contributed by atoms with Gasteiger partial charge in [0.25, 0.3) is 0 Å². The fraction of sp³-hybridized carbons (Fsp3) is 1.00. The van der Waals surface area contributed by atoms with Crippen LogP contribution in [0.3, 0.4) is 0 Å². The molecule has 0 bridgehead atoms. The monoisotopic (exact) mass is 374 g/mol. The average Bonchev–Trinajstić information content (AvgIpc) is 2.64. The van der Waals surface area contributed by atoms with Crippen molar-refractivity contribution in [1.29, 1.82) is 0 Å². The molecule has 0 aliphatic heterocycles. The lowest BCUT2D eigenvalue weighted by Gasteiger charge is -2.32. The summed E-state index contributed by atoms with van der Waals surface area (Å²) in [6.45, 7) is 20.2. The smallest absolute Gasteiger partial charge is 0.0209 e. The molecule has 25 heavy (non-hydrogen) atoms. The van der Waals surface area contributed by atoms with E-state index in [-0.39, 0.29) is 7.92 Å². The molecule has 0 aliphatic rings. The van der Waals surface area contributed by atoms with E-state index in [1.54, 1.807) is 6.16 Å². The molecule has 3 unspecified atom stereocenters. The standard InChI is InChI=1S/C19H41P.C3H8.C2H6/c1-6-10-12-13-14-15-17-20(18(5)8-3)19(9-4)16-11-7-2;1-3-2;1-2/h18-19H,6-17H2,1-5H3;3H2,1-2H3;1-2H3. The normalized spacial score (nSPS) is 13.8. The van der Waals surface area contributed by atoms with Gasteiger partial charge in [0.05, 0.1) is 0 Å². The van der Waals surface area contributed by atoms with Crippen LogP contribution in [0.1, 0.15) is 139 Å². The molecule has 0 rings (SSSR count). The third kappa shape index (κ3) is 20.6. The Labute approximate surface area is 165 Å². The number of rotatable bonds is 14. The Morgan fingerprint density at radius 1 is 0.640 bits per heavy atom. The van der Waals surface area contributed by atoms with Gasteiger partial charge in [-0.2, -0.15) is 0 Å². The van der Waals surface area contributed by atoms with E-state index < -0.39 is 0 Å². The highest BCUT2D eigenvalue weighted by Gasteiger charge is 2.23. The summed E-state index contributed by atoms with van der Waals surface area (Å²) in [5.74, 6) is 0. The van der Waals surface area contributed by atoms with Crippen molar-refractivity contribution in [3.8, 4) is 0 Å². The van der Waals surface area contributed by atoms with Crippen LogP contribution in [0.5, 0.6) is 0 Å². The third-order valence-corrected chi connectivity index (χ3v) is 8.65. The van der Waals surface area contributed by atoms with E-state index in [1.165, 1.54) is 77.0 Å². The summed E-state index contributed by atoms with van der Waals surface area (Å²) in [7, 11) is 0.278. The van der Waals surface area contributed by atoms with Crippen LogP contribution in [0.2, 0.25) is 0 Å². The van der Waals surface area contributed by atoms with Gasteiger partial charge < -0.3 is 0 Å². The molecule has 0 amide bonds. The van der Waals surface area contributed by atoms with Gasteiger partial charge >= 0.3 is 0 Å². The Morgan fingerprint density at radius 3 is 1.56 bits per heavy atom. The van der Waals surface area contributed by atoms with Crippen molar-refractivity contribution in [2.45, 2.75) is 151 Å². The first kappa shape index (κ1) is 30.2. The van der Waals surface area contributed by atoms with Gasteiger partial charge in [-0.1, -0.05) is 114 Å². The van der Waals surface area contributed by atoms with Crippen LogP contribution in [0.4, 0.5) is 0 Å². The lowest BCUT2D eigenvalue weighted by molar-refractivity contribution is 0.620. The maximum absolute atomic E-state index is 2.53. The topological polar surface area (TPSA) is 0 Å². The van der Waals surface area contributed by atoms with Gasteiger partial charge in [0.2, 0.25) is 0 Å². The van der Waals surface area contributed by atoms with Crippen molar-refractivity contribution < 1.29 is 0 Å². The second-order valence-corrected chi connectivity index (χ2v) is 10.3. The van der Waals surface area contributed by atoms with Crippen molar-refractivity contribution in [3.05, 3.63) is 0 Å². The van der Waals surface area contributed by atoms with Crippen LogP contribution >= 0.6 is 7.92 Å². The van der Waals surface area contributed by atoms with Gasteiger partial charge in [-0.05, 0) is 43.2 Å². The molecule has 0 saturated carbocycles. The zero-order chi connectivity index (χ0) is 19.9. The summed E-state index contributed by atoms with van der Waals surface area (Å²) in [5.41, 5.74) is 2.04. The molecule has 0 aromatic heterocycles. The zero-order valence-corrected chi connectivity index (χ0v) is 20.7. The summed E-state index contributed by atoms with van der Waals surface area (Å²) in [6.07, 6.45) is 18.7. The highest BCUT2D eigenvalue weighted by molar-refractivity contribution is 7.59. The molecule has 1 heteroatoms. The maximum Gasteiger partial charge on any atom is -0.0209 e. The quantitative estimate of drug-likeness (QED) is 0.209. The predicted octanol–water partition coefficient (Wildman–Crippen LogP) is 10.0. The van der Waals surface area contributed by atoms with Crippen molar-refractivity contribution in [2.75, 3.05) is 6.16 Å². The van der Waals surface area contributed by atoms with Gasteiger partial charge in [0.15, 0.2) is 0 Å². The van der Waals surface area contributed by atoms with Gasteiger partial charge in [-0.15, -0.1) is 7.92 Å². The van der Waals surface area contributed by atoms with Crippen molar-refractivity contribution >= 4 is 7.92 Å². The highest BCUT2D eigenvalue weighted by Crippen LogP contribution is 2.51. The fourth-order valence-corrected chi connectivity index (χ4v) is 6.68. The number of hydrogen-bond acceptors (Lipinski definition) is 0. The highest BCUT2D eigenvalue weighted by atomic mass is 31.1. The minimum absolute atomic E-state index is 0.278. The summed E-state index contributed by atoms with van der Waals surface area (Å²) in [6, 6.07) is 0. The first-order valence-corrected chi connectivity index (χ1v) is 13.5. The first-order valence-electron chi connectivity index (χ1n) is 11.9. The third-order valence-electron chi connectivity index (χ3n) is 4.76. The molecule has 0 aliphatic carbocycles. The SMILES string of the molecule is CC.CCC.CCCCCCCCP(C(C)CC)C(CC)CCCC. The lowest BCUT2D eigenvalue weighted by atomic mass is 10.1. The van der Waals surface area contributed by atoms with Crippen molar-refractivity contribution in [2.24, 2.45) is 0 Å². The Morgan fingerprint density at radius 2 is 1.12 bits per heavy atom. The summed E-state index contributed by atoms with van der Waals surface area (Å²) in [4.78, 5) is 0. The largest absolute Gasteiger partial charge is 0.101 e. The van der Waals surface area contributed by atoms with Gasteiger partial charge in [-0.3, -0.25) is 0 Å². The second-order valence-electron chi connectivity index (χ2n) is 7.17. The molecule has 0 aromatic rings. The minimum atomic E-state index is 0.278. The number of unbranched alkanes of at least 4 members (excludes halogenated alkanes) is 6. The van der Waals surface area contributed by atoms with Crippen molar-refractivity contribution in [1.82, 2.24) is 0 Å². The molecular weight excluding hydrogens is 319 g/mol. The van der Waals surface area contributed by atoms with Crippen LogP contribution in [-0.2, 0) is 0 Å². The average molecular weight is 375 g/mol. The molecule has 0 N–H and O–H groups in total. The summed E-state index contributed by atoms with van der Waals surface area (Å²) < 4.78 is 0. The predicted molar refractivity (Wildman–Crippen MR) is 126 cm³/mol.